The molecule has 4 aliphatic rings. The number of fused-ring (bicyclic) bond motifs is 5. The molecule has 0 radical (unpaired) electrons. The summed E-state index contributed by atoms with van der Waals surface area (Å²) in [4.78, 5) is 0. The zero-order valence-corrected chi connectivity index (χ0v) is 16.7. The zero-order valence-electron chi connectivity index (χ0n) is 16.7. The van der Waals surface area contributed by atoms with Crippen LogP contribution in [0.5, 0.6) is 0 Å². The summed E-state index contributed by atoms with van der Waals surface area (Å²) in [6.45, 7) is 8.71. The molecular formula is C28H26. The van der Waals surface area contributed by atoms with Crippen molar-refractivity contribution in [1.29, 1.82) is 0 Å². The van der Waals surface area contributed by atoms with Crippen molar-refractivity contribution < 1.29 is 0 Å². The van der Waals surface area contributed by atoms with E-state index in [-0.39, 0.29) is 5.41 Å². The quantitative estimate of drug-likeness (QED) is 0.523. The molecular weight excluding hydrogens is 336 g/mol. The lowest BCUT2D eigenvalue weighted by Gasteiger charge is -2.34. The minimum absolute atomic E-state index is 0.236. The van der Waals surface area contributed by atoms with E-state index in [2.05, 4.69) is 99.4 Å². The van der Waals surface area contributed by atoms with Crippen molar-refractivity contribution in [3.63, 3.8) is 0 Å². The van der Waals surface area contributed by atoms with Crippen molar-refractivity contribution in [2.75, 3.05) is 0 Å². The molecule has 28 heavy (non-hydrogen) atoms. The molecule has 1 aromatic rings. The Bertz CT molecular complexity index is 1090. The van der Waals surface area contributed by atoms with Gasteiger partial charge >= 0.3 is 0 Å². The van der Waals surface area contributed by atoms with E-state index in [0.29, 0.717) is 5.92 Å². The third kappa shape index (κ3) is 2.06. The van der Waals surface area contributed by atoms with Crippen LogP contribution in [0.25, 0.3) is 5.57 Å². The SMILES string of the molecule is C=CC1=C(/C=C\C)c2ccccc2C12C1=C(C=CCC=C1)C1=C2C=CC(C)C1. The predicted octanol–water partition coefficient (Wildman–Crippen LogP) is 7.17. The van der Waals surface area contributed by atoms with Gasteiger partial charge in [-0.15, -0.1) is 0 Å². The Morgan fingerprint density at radius 1 is 1.07 bits per heavy atom. The van der Waals surface area contributed by atoms with Crippen LogP contribution in [0.1, 0.15) is 37.8 Å². The van der Waals surface area contributed by atoms with Crippen LogP contribution in [0.4, 0.5) is 0 Å². The van der Waals surface area contributed by atoms with Crippen LogP contribution in [-0.4, -0.2) is 0 Å². The zero-order chi connectivity index (χ0) is 19.3. The van der Waals surface area contributed by atoms with Gasteiger partial charge in [0, 0.05) is 0 Å². The van der Waals surface area contributed by atoms with E-state index < -0.39 is 0 Å². The third-order valence-corrected chi connectivity index (χ3v) is 6.56. The molecule has 0 bridgehead atoms. The van der Waals surface area contributed by atoms with Crippen molar-refractivity contribution in [1.82, 2.24) is 0 Å². The van der Waals surface area contributed by atoms with E-state index in [1.807, 2.05) is 0 Å². The van der Waals surface area contributed by atoms with Crippen LogP contribution in [0.15, 0.2) is 113 Å². The van der Waals surface area contributed by atoms with E-state index >= 15 is 0 Å². The molecule has 2 atom stereocenters. The lowest BCUT2D eigenvalue weighted by atomic mass is 9.67. The summed E-state index contributed by atoms with van der Waals surface area (Å²) in [5.41, 5.74) is 10.9. The molecule has 0 fully saturated rings. The van der Waals surface area contributed by atoms with Crippen LogP contribution in [-0.2, 0) is 5.41 Å². The molecule has 4 aliphatic carbocycles. The van der Waals surface area contributed by atoms with Gasteiger partial charge in [0.25, 0.3) is 0 Å². The van der Waals surface area contributed by atoms with Crippen molar-refractivity contribution in [3.8, 4) is 0 Å². The third-order valence-electron chi connectivity index (χ3n) is 6.56. The first-order chi connectivity index (χ1) is 13.7. The molecule has 5 rings (SSSR count). The van der Waals surface area contributed by atoms with Gasteiger partial charge in [-0.05, 0) is 70.2 Å². The second kappa shape index (κ2) is 6.34. The van der Waals surface area contributed by atoms with E-state index in [0.717, 1.165) is 12.8 Å². The normalized spacial score (nSPS) is 27.7. The van der Waals surface area contributed by atoms with Crippen LogP contribution in [0.3, 0.4) is 0 Å². The number of hydrogen-bond acceptors (Lipinski definition) is 0. The lowest BCUT2D eigenvalue weighted by Crippen LogP contribution is -2.29. The minimum Gasteiger partial charge on any atom is -0.0987 e. The van der Waals surface area contributed by atoms with E-state index in [1.54, 1.807) is 0 Å². The van der Waals surface area contributed by atoms with E-state index in [4.69, 9.17) is 0 Å². The number of benzene rings is 1. The van der Waals surface area contributed by atoms with Gasteiger partial charge in [-0.2, -0.15) is 0 Å². The summed E-state index contributed by atoms with van der Waals surface area (Å²) in [6, 6.07) is 8.94. The summed E-state index contributed by atoms with van der Waals surface area (Å²) in [7, 11) is 0. The first-order valence-electron chi connectivity index (χ1n) is 10.3. The van der Waals surface area contributed by atoms with Gasteiger partial charge in [0.1, 0.15) is 0 Å². The standard InChI is InChI=1S/C28H26/c1-4-11-20-21-13-9-10-15-25(21)28(24(20)5-2)26-14-8-6-7-12-22(26)23-18-19(3)16-17-27(23)28/h4-5,7-17,19H,2,6,18H2,1,3H3/b11-4-. The maximum atomic E-state index is 4.29. The summed E-state index contributed by atoms with van der Waals surface area (Å²) in [6.07, 6.45) is 22.8. The first kappa shape index (κ1) is 17.3. The van der Waals surface area contributed by atoms with Gasteiger partial charge in [-0.3, -0.25) is 0 Å². The predicted molar refractivity (Wildman–Crippen MR) is 120 cm³/mol. The largest absolute Gasteiger partial charge is 0.0987 e. The smallest absolute Gasteiger partial charge is 0.0721 e. The first-order valence-corrected chi connectivity index (χ1v) is 10.3. The minimum atomic E-state index is -0.236. The average molecular weight is 363 g/mol. The second-order valence-electron chi connectivity index (χ2n) is 8.13. The Labute approximate surface area is 168 Å². The Hall–Kier alpha value is -2.86. The molecule has 0 N–H and O–H groups in total. The Kier molecular flexibility index (Phi) is 3.91. The summed E-state index contributed by atoms with van der Waals surface area (Å²) < 4.78 is 0. The Morgan fingerprint density at radius 3 is 2.71 bits per heavy atom. The van der Waals surface area contributed by atoms with Crippen molar-refractivity contribution in [2.24, 2.45) is 5.92 Å². The monoisotopic (exact) mass is 362 g/mol. The Morgan fingerprint density at radius 2 is 1.89 bits per heavy atom. The average Bonchev–Trinajstić information content (AvgIpc) is 2.98. The van der Waals surface area contributed by atoms with E-state index in [1.165, 1.54) is 44.6 Å². The van der Waals surface area contributed by atoms with Crippen LogP contribution in [0, 0.1) is 5.92 Å². The van der Waals surface area contributed by atoms with Crippen LogP contribution < -0.4 is 0 Å². The summed E-state index contributed by atoms with van der Waals surface area (Å²) >= 11 is 0. The van der Waals surface area contributed by atoms with Gasteiger partial charge < -0.3 is 0 Å². The maximum absolute atomic E-state index is 4.29. The van der Waals surface area contributed by atoms with Gasteiger partial charge in [0.2, 0.25) is 0 Å². The van der Waals surface area contributed by atoms with Crippen molar-refractivity contribution in [3.05, 3.63) is 125 Å². The fraction of sp³-hybridized carbons (Fsp3) is 0.214. The van der Waals surface area contributed by atoms with Gasteiger partial charge in [0.05, 0.1) is 5.41 Å². The van der Waals surface area contributed by atoms with Gasteiger partial charge in [0.15, 0.2) is 0 Å². The van der Waals surface area contributed by atoms with Crippen LogP contribution in [0.2, 0.25) is 0 Å². The molecule has 1 aromatic carbocycles. The van der Waals surface area contributed by atoms with E-state index in [9.17, 15) is 0 Å². The molecule has 1 spiro atoms. The summed E-state index contributed by atoms with van der Waals surface area (Å²) in [5, 5.41) is 0. The number of allylic oxidation sites excluding steroid dienone is 15. The highest BCUT2D eigenvalue weighted by molar-refractivity contribution is 5.94. The van der Waals surface area contributed by atoms with Gasteiger partial charge in [-0.1, -0.05) is 92.5 Å². The highest BCUT2D eigenvalue weighted by Crippen LogP contribution is 2.63. The lowest BCUT2D eigenvalue weighted by molar-refractivity contribution is 0.689. The van der Waals surface area contributed by atoms with Crippen molar-refractivity contribution >= 4 is 5.57 Å². The molecule has 2 unspecified atom stereocenters. The molecule has 0 amide bonds. The maximum Gasteiger partial charge on any atom is 0.0721 e. The molecule has 0 aromatic heterocycles. The fourth-order valence-corrected chi connectivity index (χ4v) is 5.56. The van der Waals surface area contributed by atoms with Crippen molar-refractivity contribution in [2.45, 2.75) is 32.1 Å². The number of hydrogen-bond donors (Lipinski definition) is 0. The highest BCUT2D eigenvalue weighted by Gasteiger charge is 2.52. The second-order valence-corrected chi connectivity index (χ2v) is 8.13. The van der Waals surface area contributed by atoms with Crippen LogP contribution >= 0.6 is 0 Å². The fourth-order valence-electron chi connectivity index (χ4n) is 5.56. The molecule has 0 nitrogen and oxygen atoms in total. The van der Waals surface area contributed by atoms with Gasteiger partial charge in [-0.25, -0.2) is 0 Å². The molecule has 0 saturated heterocycles. The number of rotatable bonds is 2. The summed E-state index contributed by atoms with van der Waals surface area (Å²) in [5.74, 6) is 0.575. The Balaban J connectivity index is 1.95. The molecule has 138 valence electrons. The molecule has 0 saturated carbocycles. The molecule has 0 heteroatoms. The topological polar surface area (TPSA) is 0 Å². The molecule has 0 heterocycles. The highest BCUT2D eigenvalue weighted by atomic mass is 14.5. The molecule has 0 aliphatic heterocycles.